The second-order valence-corrected chi connectivity index (χ2v) is 5.74. The van der Waals surface area contributed by atoms with Gasteiger partial charge in [0.05, 0.1) is 23.5 Å². The fourth-order valence-electron chi connectivity index (χ4n) is 2.53. The minimum Gasteiger partial charge on any atom is -0.497 e. The summed E-state index contributed by atoms with van der Waals surface area (Å²) in [6, 6.07) is 11.9. The number of methoxy groups -OCH3 is 1. The Kier molecular flexibility index (Phi) is 3.81. The van der Waals surface area contributed by atoms with Crippen LogP contribution in [-0.4, -0.2) is 21.5 Å². The number of pyridine rings is 1. The van der Waals surface area contributed by atoms with E-state index < -0.39 is 0 Å². The highest BCUT2D eigenvalue weighted by Crippen LogP contribution is 2.28. The number of benzene rings is 1. The van der Waals surface area contributed by atoms with Gasteiger partial charge in [0, 0.05) is 18.2 Å². The number of rotatable bonds is 4. The monoisotopic (exact) mass is 311 g/mol. The lowest BCUT2D eigenvalue weighted by molar-refractivity contribution is 0.415. The number of nitrogens with zero attached hydrogens (tertiary/aromatic N) is 2. The van der Waals surface area contributed by atoms with Crippen LogP contribution in [0.2, 0.25) is 0 Å². The zero-order valence-corrected chi connectivity index (χ0v) is 13.4. The van der Waals surface area contributed by atoms with Crippen molar-refractivity contribution in [1.29, 1.82) is 0 Å². The van der Waals surface area contributed by atoms with Crippen LogP contribution in [0.5, 0.6) is 5.75 Å². The van der Waals surface area contributed by atoms with E-state index in [-0.39, 0.29) is 0 Å². The topological polar surface area (TPSA) is 52.5 Å². The summed E-state index contributed by atoms with van der Waals surface area (Å²) in [5, 5.41) is 0. The molecule has 3 rings (SSSR count). The third-order valence-electron chi connectivity index (χ3n) is 3.57. The summed E-state index contributed by atoms with van der Waals surface area (Å²) in [4.78, 5) is 5.21. The number of aromatic nitrogens is 2. The molecular formula is C17H17N3OS. The Morgan fingerprint density at radius 2 is 2.14 bits per heavy atom. The standard InChI is InChI=1S/C17H17N3OS/c1-11-6-7-20-14(10-15(18)22)17(19-16(20)8-11)12-4-3-5-13(9-12)21-2/h3-9H,10H2,1-2H3,(H2,18,22). The van der Waals surface area contributed by atoms with E-state index in [1.54, 1.807) is 7.11 Å². The van der Waals surface area contributed by atoms with Crippen molar-refractivity contribution in [1.82, 2.24) is 9.38 Å². The smallest absolute Gasteiger partial charge is 0.137 e. The highest BCUT2D eigenvalue weighted by molar-refractivity contribution is 7.80. The number of imidazole rings is 1. The van der Waals surface area contributed by atoms with E-state index >= 15 is 0 Å². The van der Waals surface area contributed by atoms with E-state index in [1.807, 2.05) is 53.9 Å². The predicted molar refractivity (Wildman–Crippen MR) is 92.4 cm³/mol. The zero-order valence-electron chi connectivity index (χ0n) is 12.5. The molecule has 0 saturated heterocycles. The van der Waals surface area contributed by atoms with Gasteiger partial charge in [0.25, 0.3) is 0 Å². The van der Waals surface area contributed by atoms with Gasteiger partial charge in [-0.3, -0.25) is 0 Å². The van der Waals surface area contributed by atoms with E-state index in [0.717, 1.165) is 33.9 Å². The molecule has 2 aromatic heterocycles. The molecule has 0 amide bonds. The first-order chi connectivity index (χ1) is 10.6. The van der Waals surface area contributed by atoms with Crippen LogP contribution in [0.25, 0.3) is 16.9 Å². The van der Waals surface area contributed by atoms with Crippen molar-refractivity contribution < 1.29 is 4.74 Å². The molecule has 0 fully saturated rings. The lowest BCUT2D eigenvalue weighted by atomic mass is 10.1. The highest BCUT2D eigenvalue weighted by Gasteiger charge is 2.15. The first kappa shape index (κ1) is 14.5. The number of thiocarbonyl (C=S) groups is 1. The average Bonchev–Trinajstić information content (AvgIpc) is 2.84. The molecule has 0 radical (unpaired) electrons. The Morgan fingerprint density at radius 3 is 2.86 bits per heavy atom. The fraction of sp³-hybridized carbons (Fsp3) is 0.176. The van der Waals surface area contributed by atoms with E-state index in [1.165, 1.54) is 0 Å². The molecule has 0 atom stereocenters. The molecule has 0 aliphatic carbocycles. The van der Waals surface area contributed by atoms with E-state index in [0.29, 0.717) is 11.4 Å². The van der Waals surface area contributed by atoms with Crippen LogP contribution >= 0.6 is 12.2 Å². The number of nitrogens with two attached hydrogens (primary N) is 1. The Bertz CT molecular complexity index is 854. The summed E-state index contributed by atoms with van der Waals surface area (Å²) in [6.07, 6.45) is 2.51. The van der Waals surface area contributed by atoms with Crippen LogP contribution in [0.4, 0.5) is 0 Å². The Morgan fingerprint density at radius 1 is 1.32 bits per heavy atom. The first-order valence-corrected chi connectivity index (χ1v) is 7.39. The number of hydrogen-bond donors (Lipinski definition) is 1. The van der Waals surface area contributed by atoms with Gasteiger partial charge in [0.15, 0.2) is 0 Å². The number of ether oxygens (including phenoxy) is 1. The molecule has 1 aromatic carbocycles. The molecule has 0 bridgehead atoms. The number of hydrogen-bond acceptors (Lipinski definition) is 3. The van der Waals surface area contributed by atoms with Gasteiger partial charge in [-0.05, 0) is 36.8 Å². The van der Waals surface area contributed by atoms with Gasteiger partial charge in [-0.15, -0.1) is 0 Å². The summed E-state index contributed by atoms with van der Waals surface area (Å²) in [6.45, 7) is 2.05. The normalized spacial score (nSPS) is 10.8. The minimum atomic E-state index is 0.450. The van der Waals surface area contributed by atoms with Crippen LogP contribution < -0.4 is 10.5 Å². The molecule has 0 unspecified atom stereocenters. The summed E-state index contributed by atoms with van der Waals surface area (Å²) in [5.74, 6) is 0.798. The summed E-state index contributed by atoms with van der Waals surface area (Å²) >= 11 is 5.10. The van der Waals surface area contributed by atoms with Crippen molar-refractivity contribution in [2.24, 2.45) is 5.73 Å². The highest BCUT2D eigenvalue weighted by atomic mass is 32.1. The zero-order chi connectivity index (χ0) is 15.7. The second kappa shape index (κ2) is 5.77. The van der Waals surface area contributed by atoms with Crippen molar-refractivity contribution >= 4 is 22.9 Å². The number of fused-ring (bicyclic) bond motifs is 1. The van der Waals surface area contributed by atoms with Crippen molar-refractivity contribution in [3.8, 4) is 17.0 Å². The van der Waals surface area contributed by atoms with Crippen molar-refractivity contribution in [3.05, 3.63) is 53.9 Å². The second-order valence-electron chi connectivity index (χ2n) is 5.21. The van der Waals surface area contributed by atoms with Crippen LogP contribution in [0.15, 0.2) is 42.6 Å². The third-order valence-corrected chi connectivity index (χ3v) is 3.71. The summed E-state index contributed by atoms with van der Waals surface area (Å²) in [7, 11) is 1.65. The van der Waals surface area contributed by atoms with Crippen molar-refractivity contribution in [2.45, 2.75) is 13.3 Å². The van der Waals surface area contributed by atoms with Crippen LogP contribution in [0.1, 0.15) is 11.3 Å². The van der Waals surface area contributed by atoms with Gasteiger partial charge < -0.3 is 14.9 Å². The van der Waals surface area contributed by atoms with Crippen LogP contribution in [-0.2, 0) is 6.42 Å². The summed E-state index contributed by atoms with van der Waals surface area (Å²) < 4.78 is 7.35. The molecule has 0 saturated carbocycles. The van der Waals surface area contributed by atoms with Gasteiger partial charge in [0.2, 0.25) is 0 Å². The van der Waals surface area contributed by atoms with Crippen molar-refractivity contribution in [2.75, 3.05) is 7.11 Å². The molecular weight excluding hydrogens is 294 g/mol. The SMILES string of the molecule is COc1cccc(-c2nc3cc(C)ccn3c2CC(N)=S)c1. The Labute approximate surface area is 134 Å². The molecule has 2 N–H and O–H groups in total. The maximum Gasteiger partial charge on any atom is 0.137 e. The molecule has 2 heterocycles. The van der Waals surface area contributed by atoms with Crippen molar-refractivity contribution in [3.63, 3.8) is 0 Å². The molecule has 3 aromatic rings. The van der Waals surface area contributed by atoms with Crippen LogP contribution in [0.3, 0.4) is 0 Å². The maximum atomic E-state index is 5.77. The van der Waals surface area contributed by atoms with E-state index in [4.69, 9.17) is 27.7 Å². The van der Waals surface area contributed by atoms with E-state index in [2.05, 4.69) is 0 Å². The Hall–Kier alpha value is -2.40. The third kappa shape index (κ3) is 2.67. The summed E-state index contributed by atoms with van der Waals surface area (Å²) in [5.41, 5.74) is 10.7. The van der Waals surface area contributed by atoms with Gasteiger partial charge in [-0.25, -0.2) is 4.98 Å². The fourth-order valence-corrected chi connectivity index (χ4v) is 2.67. The molecule has 0 aliphatic heterocycles. The first-order valence-electron chi connectivity index (χ1n) is 6.99. The quantitative estimate of drug-likeness (QED) is 0.752. The largest absolute Gasteiger partial charge is 0.497 e. The molecule has 5 heteroatoms. The van der Waals surface area contributed by atoms with Crippen LogP contribution in [0, 0.1) is 6.92 Å². The molecule has 22 heavy (non-hydrogen) atoms. The van der Waals surface area contributed by atoms with Gasteiger partial charge in [0.1, 0.15) is 11.4 Å². The Balaban J connectivity index is 2.24. The lowest BCUT2D eigenvalue weighted by Gasteiger charge is -2.06. The van der Waals surface area contributed by atoms with Gasteiger partial charge in [-0.2, -0.15) is 0 Å². The molecule has 0 spiro atoms. The number of aryl methyl sites for hydroxylation is 1. The van der Waals surface area contributed by atoms with Gasteiger partial charge >= 0.3 is 0 Å². The predicted octanol–water partition coefficient (Wildman–Crippen LogP) is 3.15. The minimum absolute atomic E-state index is 0.450. The van der Waals surface area contributed by atoms with Gasteiger partial charge in [-0.1, -0.05) is 24.4 Å². The molecule has 0 aliphatic rings. The average molecular weight is 311 g/mol. The molecule has 4 nitrogen and oxygen atoms in total. The van der Waals surface area contributed by atoms with E-state index in [9.17, 15) is 0 Å². The maximum absolute atomic E-state index is 5.77. The lowest BCUT2D eigenvalue weighted by Crippen LogP contribution is -2.13. The molecule has 112 valence electrons.